The highest BCUT2D eigenvalue weighted by Gasteiger charge is 2.29. The van der Waals surface area contributed by atoms with Crippen molar-refractivity contribution >= 4 is 5.69 Å². The van der Waals surface area contributed by atoms with Crippen molar-refractivity contribution in [3.8, 4) is 0 Å². The highest BCUT2D eigenvalue weighted by atomic mass is 19.1. The van der Waals surface area contributed by atoms with E-state index in [0.29, 0.717) is 30.0 Å². The second-order valence-electron chi connectivity index (χ2n) is 5.43. The Labute approximate surface area is 112 Å². The zero-order chi connectivity index (χ0) is 14.0. The molecule has 3 unspecified atom stereocenters. The Kier molecular flexibility index (Phi) is 4.14. The van der Waals surface area contributed by atoms with Gasteiger partial charge >= 0.3 is 0 Å². The highest BCUT2D eigenvalue weighted by molar-refractivity contribution is 5.40. The normalized spacial score (nSPS) is 26.6. The molecule has 1 aromatic carbocycles. The number of nitrogens with one attached hydrogen (secondary N) is 1. The molecule has 0 amide bonds. The third-order valence-corrected chi connectivity index (χ3v) is 4.26. The molecule has 4 nitrogen and oxygen atoms in total. The summed E-state index contributed by atoms with van der Waals surface area (Å²) in [5.41, 5.74) is 0.393. The summed E-state index contributed by atoms with van der Waals surface area (Å²) in [5, 5.41) is 14.2. The molecule has 1 N–H and O–H groups in total. The molecule has 0 aromatic heterocycles. The molecule has 5 heteroatoms. The van der Waals surface area contributed by atoms with Crippen molar-refractivity contribution in [2.24, 2.45) is 11.8 Å². The molecule has 0 saturated heterocycles. The minimum absolute atomic E-state index is 0.0207. The molecular weight excluding hydrogens is 247 g/mol. The van der Waals surface area contributed by atoms with Gasteiger partial charge in [-0.15, -0.1) is 0 Å². The van der Waals surface area contributed by atoms with Crippen LogP contribution in [0.25, 0.3) is 0 Å². The molecule has 0 bridgehead atoms. The van der Waals surface area contributed by atoms with E-state index in [1.807, 2.05) is 0 Å². The number of nitro groups is 1. The van der Waals surface area contributed by atoms with Crippen LogP contribution in [0, 0.1) is 27.8 Å². The first-order valence-corrected chi connectivity index (χ1v) is 6.65. The van der Waals surface area contributed by atoms with Crippen molar-refractivity contribution in [3.05, 3.63) is 39.7 Å². The highest BCUT2D eigenvalue weighted by Crippen LogP contribution is 2.31. The summed E-state index contributed by atoms with van der Waals surface area (Å²) < 4.78 is 13.2. The number of hydrogen-bond donors (Lipinski definition) is 1. The van der Waals surface area contributed by atoms with Gasteiger partial charge in [0, 0.05) is 24.2 Å². The average molecular weight is 266 g/mol. The van der Waals surface area contributed by atoms with E-state index in [0.717, 1.165) is 12.5 Å². The van der Waals surface area contributed by atoms with Gasteiger partial charge in [-0.1, -0.05) is 13.8 Å². The Morgan fingerprint density at radius 2 is 2.16 bits per heavy atom. The molecule has 1 aliphatic rings. The molecule has 1 aromatic rings. The lowest BCUT2D eigenvalue weighted by atomic mass is 9.97. The Balaban J connectivity index is 2.07. The number of benzene rings is 1. The zero-order valence-electron chi connectivity index (χ0n) is 11.2. The molecule has 0 radical (unpaired) electrons. The molecule has 2 rings (SSSR count). The molecular formula is C14H19FN2O2. The summed E-state index contributed by atoms with van der Waals surface area (Å²) in [7, 11) is 0. The van der Waals surface area contributed by atoms with Gasteiger partial charge in [0.2, 0.25) is 0 Å². The Bertz CT molecular complexity index is 479. The molecule has 1 saturated carbocycles. The SMILES string of the molecule is CC1CCC(NCc2cc(F)ccc2[N+](=O)[O-])C1C. The van der Waals surface area contributed by atoms with E-state index in [9.17, 15) is 14.5 Å². The summed E-state index contributed by atoms with van der Waals surface area (Å²) in [6, 6.07) is 3.96. The molecule has 0 aliphatic heterocycles. The number of nitro benzene ring substituents is 1. The van der Waals surface area contributed by atoms with Crippen LogP contribution in [0.2, 0.25) is 0 Å². The van der Waals surface area contributed by atoms with Crippen LogP contribution in [0.5, 0.6) is 0 Å². The predicted molar refractivity (Wildman–Crippen MR) is 71.2 cm³/mol. The summed E-state index contributed by atoms with van der Waals surface area (Å²) in [6.45, 7) is 4.75. The largest absolute Gasteiger partial charge is 0.309 e. The van der Waals surface area contributed by atoms with Gasteiger partial charge in [0.1, 0.15) is 5.82 Å². The molecule has 3 atom stereocenters. The van der Waals surface area contributed by atoms with Gasteiger partial charge in [-0.25, -0.2) is 4.39 Å². The van der Waals surface area contributed by atoms with E-state index < -0.39 is 10.7 Å². The molecule has 1 aliphatic carbocycles. The van der Waals surface area contributed by atoms with E-state index in [1.165, 1.54) is 18.6 Å². The average Bonchev–Trinajstić information content (AvgIpc) is 2.67. The number of hydrogen-bond acceptors (Lipinski definition) is 3. The van der Waals surface area contributed by atoms with Crippen LogP contribution in [-0.2, 0) is 6.54 Å². The Morgan fingerprint density at radius 1 is 1.42 bits per heavy atom. The van der Waals surface area contributed by atoms with Crippen LogP contribution in [-0.4, -0.2) is 11.0 Å². The van der Waals surface area contributed by atoms with Gasteiger partial charge in [0.15, 0.2) is 0 Å². The molecule has 0 spiro atoms. The third-order valence-electron chi connectivity index (χ3n) is 4.26. The van der Waals surface area contributed by atoms with Gasteiger partial charge in [-0.05, 0) is 36.8 Å². The van der Waals surface area contributed by atoms with Gasteiger partial charge in [0.05, 0.1) is 4.92 Å². The maximum absolute atomic E-state index is 13.2. The van der Waals surface area contributed by atoms with E-state index in [2.05, 4.69) is 19.2 Å². The van der Waals surface area contributed by atoms with Gasteiger partial charge < -0.3 is 5.32 Å². The monoisotopic (exact) mass is 266 g/mol. The van der Waals surface area contributed by atoms with Gasteiger partial charge in [-0.2, -0.15) is 0 Å². The van der Waals surface area contributed by atoms with Gasteiger partial charge in [-0.3, -0.25) is 10.1 Å². The van der Waals surface area contributed by atoms with Crippen LogP contribution in [0.4, 0.5) is 10.1 Å². The van der Waals surface area contributed by atoms with Crippen molar-refractivity contribution in [2.45, 2.75) is 39.3 Å². The van der Waals surface area contributed by atoms with E-state index in [4.69, 9.17) is 0 Å². The number of halogens is 1. The van der Waals surface area contributed by atoms with Gasteiger partial charge in [0.25, 0.3) is 5.69 Å². The van der Waals surface area contributed by atoms with E-state index in [1.54, 1.807) is 0 Å². The summed E-state index contributed by atoms with van der Waals surface area (Å²) in [4.78, 5) is 10.4. The topological polar surface area (TPSA) is 55.2 Å². The van der Waals surface area contributed by atoms with Crippen molar-refractivity contribution in [1.29, 1.82) is 0 Å². The zero-order valence-corrected chi connectivity index (χ0v) is 11.2. The lowest BCUT2D eigenvalue weighted by Crippen LogP contribution is -2.32. The first kappa shape index (κ1) is 13.9. The fourth-order valence-corrected chi connectivity index (χ4v) is 2.77. The number of rotatable bonds is 4. The molecule has 19 heavy (non-hydrogen) atoms. The van der Waals surface area contributed by atoms with Crippen molar-refractivity contribution in [3.63, 3.8) is 0 Å². The smallest absolute Gasteiger partial charge is 0.274 e. The summed E-state index contributed by atoms with van der Waals surface area (Å²) >= 11 is 0. The van der Waals surface area contributed by atoms with Crippen LogP contribution < -0.4 is 5.32 Å². The Morgan fingerprint density at radius 3 is 2.74 bits per heavy atom. The van der Waals surface area contributed by atoms with Crippen molar-refractivity contribution < 1.29 is 9.31 Å². The molecule has 1 fully saturated rings. The quantitative estimate of drug-likeness (QED) is 0.672. The number of nitrogens with zero attached hydrogens (tertiary/aromatic N) is 1. The molecule has 0 heterocycles. The summed E-state index contributed by atoms with van der Waals surface area (Å²) in [6.07, 6.45) is 2.25. The van der Waals surface area contributed by atoms with Crippen molar-refractivity contribution in [1.82, 2.24) is 5.32 Å². The summed E-state index contributed by atoms with van der Waals surface area (Å²) in [5.74, 6) is 0.780. The maximum Gasteiger partial charge on any atom is 0.274 e. The minimum atomic E-state index is -0.461. The first-order chi connectivity index (χ1) is 8.99. The molecule has 104 valence electrons. The maximum atomic E-state index is 13.2. The van der Waals surface area contributed by atoms with E-state index in [-0.39, 0.29) is 5.69 Å². The first-order valence-electron chi connectivity index (χ1n) is 6.65. The van der Waals surface area contributed by atoms with Crippen LogP contribution in [0.3, 0.4) is 0 Å². The second-order valence-corrected chi connectivity index (χ2v) is 5.43. The fraction of sp³-hybridized carbons (Fsp3) is 0.571. The van der Waals surface area contributed by atoms with Crippen LogP contribution in [0.1, 0.15) is 32.3 Å². The predicted octanol–water partition coefficient (Wildman–Crippen LogP) is 3.26. The van der Waals surface area contributed by atoms with Crippen LogP contribution in [0.15, 0.2) is 18.2 Å². The van der Waals surface area contributed by atoms with Crippen LogP contribution >= 0.6 is 0 Å². The lowest BCUT2D eigenvalue weighted by molar-refractivity contribution is -0.385. The third kappa shape index (κ3) is 3.10. The fourth-order valence-electron chi connectivity index (χ4n) is 2.77. The second kappa shape index (κ2) is 5.65. The van der Waals surface area contributed by atoms with Crippen molar-refractivity contribution in [2.75, 3.05) is 0 Å². The Hall–Kier alpha value is -1.49. The standard InChI is InChI=1S/C14H19FN2O2/c1-9-3-5-13(10(9)2)16-8-11-7-12(15)4-6-14(11)17(18)19/h4,6-7,9-10,13,16H,3,5,8H2,1-2H3. The van der Waals surface area contributed by atoms with E-state index >= 15 is 0 Å². The minimum Gasteiger partial charge on any atom is -0.309 e. The lowest BCUT2D eigenvalue weighted by Gasteiger charge is -2.19.